The molecule has 3 rings (SSSR count). The fourth-order valence-corrected chi connectivity index (χ4v) is 6.61. The second-order valence-corrected chi connectivity index (χ2v) is 16.8. The van der Waals surface area contributed by atoms with Crippen LogP contribution in [0.2, 0.25) is 0 Å². The molecule has 7 amide bonds. The van der Waals surface area contributed by atoms with Gasteiger partial charge in [0.2, 0.25) is 29.5 Å². The van der Waals surface area contributed by atoms with Crippen LogP contribution >= 0.6 is 0 Å². The van der Waals surface area contributed by atoms with Crippen LogP contribution in [0.1, 0.15) is 105 Å². The number of carbonyl (C=O) groups excluding carboxylic acids is 7. The molecule has 2 aromatic rings. The SMILES string of the molecule is CCOCCCC(C)Oc1ccc(C[C@@H](C(=O)N[C@H](C(=O)N[C@@H](CCCNC(N)=O)C(=O)Nc2ccc(COC(=O)C(C)(C)C)cc2)C(C)C)N2C(=O)CC(CC)C2=O)cc1. The summed E-state index contributed by atoms with van der Waals surface area (Å²) in [4.78, 5) is 93.3. The molecule has 1 fully saturated rings. The van der Waals surface area contributed by atoms with Gasteiger partial charge in [-0.1, -0.05) is 45.0 Å². The molecule has 6 N–H and O–H groups in total. The fourth-order valence-electron chi connectivity index (χ4n) is 6.61. The third-order valence-corrected chi connectivity index (χ3v) is 10.2. The van der Waals surface area contributed by atoms with Gasteiger partial charge >= 0.3 is 12.0 Å². The number of ether oxygens (including phenoxy) is 3. The van der Waals surface area contributed by atoms with Crippen LogP contribution < -0.4 is 31.7 Å². The molecule has 5 atom stereocenters. The molecule has 1 heterocycles. The maximum Gasteiger partial charge on any atom is 0.312 e. The summed E-state index contributed by atoms with van der Waals surface area (Å²) in [6, 6.07) is 9.52. The summed E-state index contributed by atoms with van der Waals surface area (Å²) in [5.41, 5.74) is 6.35. The molecule has 1 aliphatic rings. The van der Waals surface area contributed by atoms with E-state index in [0.29, 0.717) is 42.2 Å². The highest BCUT2D eigenvalue weighted by molar-refractivity contribution is 6.07. The molecule has 0 radical (unpaired) electrons. The Morgan fingerprint density at radius 1 is 0.852 bits per heavy atom. The van der Waals surface area contributed by atoms with Gasteiger partial charge in [0.1, 0.15) is 30.5 Å². The molecule has 2 unspecified atom stereocenters. The molecule has 61 heavy (non-hydrogen) atoms. The number of amides is 7. The molecular formula is C45H66N6O10. The van der Waals surface area contributed by atoms with Gasteiger partial charge in [-0.15, -0.1) is 0 Å². The Kier molecular flexibility index (Phi) is 19.7. The van der Waals surface area contributed by atoms with Crippen molar-refractivity contribution in [3.05, 3.63) is 59.7 Å². The first-order valence-electron chi connectivity index (χ1n) is 21.2. The fraction of sp³-hybridized carbons (Fsp3) is 0.578. The third-order valence-electron chi connectivity index (χ3n) is 10.2. The van der Waals surface area contributed by atoms with Crippen molar-refractivity contribution in [2.24, 2.45) is 23.0 Å². The first-order chi connectivity index (χ1) is 28.8. The van der Waals surface area contributed by atoms with Crippen molar-refractivity contribution in [2.45, 2.75) is 131 Å². The molecule has 0 aromatic heterocycles. The van der Waals surface area contributed by atoms with E-state index in [0.717, 1.165) is 17.7 Å². The normalized spacial score (nSPS) is 16.0. The largest absolute Gasteiger partial charge is 0.491 e. The zero-order chi connectivity index (χ0) is 45.3. The summed E-state index contributed by atoms with van der Waals surface area (Å²) < 4.78 is 16.8. The minimum atomic E-state index is -1.26. The molecule has 0 aliphatic carbocycles. The van der Waals surface area contributed by atoms with Crippen LogP contribution in [0.4, 0.5) is 10.5 Å². The molecular weight excluding hydrogens is 785 g/mol. The molecule has 16 heteroatoms. The lowest BCUT2D eigenvalue weighted by molar-refractivity contribution is -0.154. The standard InChI is InChI=1S/C45H66N6O10/c1-9-32-26-37(52)51(42(32)56)36(25-30-17-21-34(22-18-30)61-29(5)13-12-24-59-10-2)40(54)50-38(28(3)4)41(55)49-35(14-11-23-47-44(46)58)39(53)48-33-19-15-31(16-20-33)27-60-43(57)45(6,7)8/h15-22,28-29,32,35-36,38H,9-14,23-27H2,1-8H3,(H,48,53)(H,49,55)(H,50,54)(H3,46,47,58)/t29?,32?,35-,36-,38-/m0/s1. The van der Waals surface area contributed by atoms with Crippen LogP contribution in [0, 0.1) is 17.3 Å². The number of nitrogens with two attached hydrogens (primary N) is 1. The number of carbonyl (C=O) groups is 7. The summed E-state index contributed by atoms with van der Waals surface area (Å²) in [5.74, 6) is -3.60. The van der Waals surface area contributed by atoms with Gasteiger partial charge in [-0.2, -0.15) is 0 Å². The third kappa shape index (κ3) is 16.1. The predicted molar refractivity (Wildman–Crippen MR) is 230 cm³/mol. The highest BCUT2D eigenvalue weighted by Gasteiger charge is 2.45. The zero-order valence-electron chi connectivity index (χ0n) is 37.0. The predicted octanol–water partition coefficient (Wildman–Crippen LogP) is 4.77. The molecule has 336 valence electrons. The van der Waals surface area contributed by atoms with Crippen LogP contribution in [0.5, 0.6) is 5.75 Å². The number of hydrogen-bond donors (Lipinski definition) is 5. The Labute approximate surface area is 359 Å². The van der Waals surface area contributed by atoms with Gasteiger partial charge in [0.15, 0.2) is 0 Å². The van der Waals surface area contributed by atoms with Gasteiger partial charge in [0, 0.05) is 44.2 Å². The lowest BCUT2D eigenvalue weighted by atomic mass is 9.97. The van der Waals surface area contributed by atoms with Gasteiger partial charge in [-0.05, 0) is 108 Å². The Morgan fingerprint density at radius 2 is 1.51 bits per heavy atom. The van der Waals surface area contributed by atoms with Crippen LogP contribution in [-0.4, -0.2) is 90.4 Å². The maximum absolute atomic E-state index is 14.3. The highest BCUT2D eigenvalue weighted by atomic mass is 16.5. The monoisotopic (exact) mass is 850 g/mol. The van der Waals surface area contributed by atoms with E-state index in [1.165, 1.54) is 0 Å². The number of imide groups is 1. The van der Waals surface area contributed by atoms with Crippen molar-refractivity contribution < 1.29 is 47.8 Å². The summed E-state index contributed by atoms with van der Waals surface area (Å²) in [5, 5.41) is 10.8. The summed E-state index contributed by atoms with van der Waals surface area (Å²) >= 11 is 0. The van der Waals surface area contributed by atoms with Crippen LogP contribution in [0.15, 0.2) is 48.5 Å². The van der Waals surface area contributed by atoms with Gasteiger partial charge < -0.3 is 41.2 Å². The number of rotatable bonds is 24. The van der Waals surface area contributed by atoms with Crippen LogP contribution in [-0.2, 0) is 51.3 Å². The lowest BCUT2D eigenvalue weighted by Crippen LogP contribution is -2.59. The van der Waals surface area contributed by atoms with Gasteiger partial charge in [0.25, 0.3) is 0 Å². The number of anilines is 1. The Bertz CT molecular complexity index is 1790. The average Bonchev–Trinajstić information content (AvgIpc) is 3.49. The van der Waals surface area contributed by atoms with E-state index in [9.17, 15) is 33.6 Å². The number of likely N-dealkylation sites (tertiary alicyclic amines) is 1. The number of nitrogens with zero attached hydrogens (tertiary/aromatic N) is 1. The minimum absolute atomic E-state index is 0.00786. The second kappa shape index (κ2) is 24.1. The Balaban J connectivity index is 1.79. The second-order valence-electron chi connectivity index (χ2n) is 16.8. The Morgan fingerprint density at radius 3 is 2.08 bits per heavy atom. The first-order valence-corrected chi connectivity index (χ1v) is 21.2. The van der Waals surface area contributed by atoms with E-state index in [1.807, 2.05) is 20.8 Å². The van der Waals surface area contributed by atoms with E-state index in [1.54, 1.807) is 83.1 Å². The van der Waals surface area contributed by atoms with Crippen molar-refractivity contribution >= 4 is 47.2 Å². The average molecular weight is 851 g/mol. The van der Waals surface area contributed by atoms with Crippen LogP contribution in [0.25, 0.3) is 0 Å². The number of esters is 1. The van der Waals surface area contributed by atoms with Crippen molar-refractivity contribution in [1.29, 1.82) is 0 Å². The van der Waals surface area contributed by atoms with Crippen molar-refractivity contribution in [3.8, 4) is 5.75 Å². The summed E-state index contributed by atoms with van der Waals surface area (Å²) in [7, 11) is 0. The highest BCUT2D eigenvalue weighted by Crippen LogP contribution is 2.27. The van der Waals surface area contributed by atoms with E-state index < -0.39 is 70.9 Å². The number of nitrogens with one attached hydrogen (secondary N) is 4. The lowest BCUT2D eigenvalue weighted by Gasteiger charge is -2.30. The topological polar surface area (TPSA) is 225 Å². The first kappa shape index (κ1) is 49.8. The van der Waals surface area contributed by atoms with Gasteiger partial charge in [-0.25, -0.2) is 4.79 Å². The number of urea groups is 1. The summed E-state index contributed by atoms with van der Waals surface area (Å²) in [6.45, 7) is 16.0. The van der Waals surface area contributed by atoms with E-state index >= 15 is 0 Å². The molecule has 0 spiro atoms. The van der Waals surface area contributed by atoms with Crippen LogP contribution in [0.3, 0.4) is 0 Å². The number of hydrogen-bond acceptors (Lipinski definition) is 10. The minimum Gasteiger partial charge on any atom is -0.491 e. The number of primary amides is 1. The van der Waals surface area contributed by atoms with Gasteiger partial charge in [-0.3, -0.25) is 33.7 Å². The van der Waals surface area contributed by atoms with Crippen molar-refractivity contribution in [1.82, 2.24) is 20.9 Å². The quantitative estimate of drug-likeness (QED) is 0.0553. The molecule has 16 nitrogen and oxygen atoms in total. The molecule has 1 aliphatic heterocycles. The van der Waals surface area contributed by atoms with E-state index in [4.69, 9.17) is 19.9 Å². The molecule has 0 saturated carbocycles. The van der Waals surface area contributed by atoms with Crippen molar-refractivity contribution in [3.63, 3.8) is 0 Å². The van der Waals surface area contributed by atoms with Gasteiger partial charge in [0.05, 0.1) is 11.5 Å². The molecule has 2 aromatic carbocycles. The van der Waals surface area contributed by atoms with E-state index in [-0.39, 0.29) is 50.9 Å². The Hall–Kier alpha value is -5.51. The summed E-state index contributed by atoms with van der Waals surface area (Å²) in [6.07, 6.45) is 2.37. The smallest absolute Gasteiger partial charge is 0.312 e. The zero-order valence-corrected chi connectivity index (χ0v) is 37.0. The molecule has 0 bridgehead atoms. The molecule has 1 saturated heterocycles. The van der Waals surface area contributed by atoms with E-state index in [2.05, 4.69) is 21.3 Å². The maximum atomic E-state index is 14.3. The van der Waals surface area contributed by atoms with Crippen molar-refractivity contribution in [2.75, 3.05) is 25.1 Å². The number of benzene rings is 2.